The van der Waals surface area contributed by atoms with Gasteiger partial charge in [0.25, 0.3) is 10.1 Å². The van der Waals surface area contributed by atoms with E-state index in [-0.39, 0.29) is 0 Å². The zero-order valence-corrected chi connectivity index (χ0v) is 35.2. The molecule has 14 N–H and O–H groups in total. The van der Waals surface area contributed by atoms with Crippen molar-refractivity contribution in [2.45, 2.75) is 124 Å². The molecule has 0 aliphatic carbocycles. The van der Waals surface area contributed by atoms with Gasteiger partial charge in [0.15, 0.2) is 49.8 Å². The van der Waals surface area contributed by atoms with E-state index in [2.05, 4.69) is 22.6 Å². The van der Waals surface area contributed by atoms with Crippen LogP contribution >= 0.6 is 0 Å². The predicted molar refractivity (Wildman–Crippen MR) is 187 cm³/mol. The van der Waals surface area contributed by atoms with Crippen molar-refractivity contribution >= 4 is 59.2 Å². The number of amides is 1. The highest BCUT2D eigenvalue weighted by Crippen LogP contribution is 2.38. The highest BCUT2D eigenvalue weighted by atomic mass is 32.3. The second-order valence-corrected chi connectivity index (χ2v) is 18.8. The third kappa shape index (κ3) is 14.4. The van der Waals surface area contributed by atoms with Crippen molar-refractivity contribution in [1.29, 1.82) is 0 Å². The van der Waals surface area contributed by atoms with Gasteiger partial charge in [-0.25, -0.2) is 22.1 Å². The number of rotatable bonds is 18. The molecule has 1 amide bonds. The molecular weight excluding hydrogens is 999 g/mol. The second-order valence-electron chi connectivity index (χ2n) is 14.1. The fourth-order valence-electron chi connectivity index (χ4n) is 6.79. The van der Waals surface area contributed by atoms with Gasteiger partial charge < -0.3 is 84.4 Å². The van der Waals surface area contributed by atoms with Crippen molar-refractivity contribution in [2.24, 2.45) is 5.92 Å². The summed E-state index contributed by atoms with van der Waals surface area (Å²) in [7, 11) is -22.3. The molecule has 4 heterocycles. The first-order valence-corrected chi connectivity index (χ1v) is 23.2. The zero-order chi connectivity index (χ0) is 49.5. The van der Waals surface area contributed by atoms with Gasteiger partial charge in [-0.3, -0.25) is 23.0 Å². The smallest absolute Gasteiger partial charge is 0.397 e. The summed E-state index contributed by atoms with van der Waals surface area (Å²) < 4.78 is 180. The molecule has 0 aromatic rings. The van der Waals surface area contributed by atoms with Crippen LogP contribution in [0.2, 0.25) is 0 Å². The van der Waals surface area contributed by atoms with Gasteiger partial charge in [0.2, 0.25) is 5.91 Å². The molecule has 4 fully saturated rings. The molecule has 0 radical (unpaired) electrons. The van der Waals surface area contributed by atoms with E-state index in [1.54, 1.807) is 0 Å². The fraction of sp³-hybridized carbons (Fsp3) is 0.885. The largest absolute Gasteiger partial charge is 0.479 e. The molecule has 0 spiro atoms. The molecule has 65 heavy (non-hydrogen) atoms. The van der Waals surface area contributed by atoms with E-state index in [0.717, 1.165) is 6.92 Å². The maximum absolute atomic E-state index is 12.5. The van der Waals surface area contributed by atoms with E-state index in [1.165, 1.54) is 0 Å². The van der Waals surface area contributed by atoms with Crippen LogP contribution in [0, 0.1) is 5.92 Å². The number of carboxylic acids is 2. The van der Waals surface area contributed by atoms with Crippen molar-refractivity contribution in [3.05, 3.63) is 0 Å². The van der Waals surface area contributed by atoms with Gasteiger partial charge in [-0.15, -0.1) is 0 Å². The zero-order valence-electron chi connectivity index (χ0n) is 32.0. The average molecular weight is 1040 g/mol. The average Bonchev–Trinajstić information content (AvgIpc) is 3.13. The number of carbonyl (C=O) groups is 3. The summed E-state index contributed by atoms with van der Waals surface area (Å²) >= 11 is 0. The summed E-state index contributed by atoms with van der Waals surface area (Å²) in [5, 5.41) is 97.2. The lowest BCUT2D eigenvalue weighted by Gasteiger charge is -2.49. The van der Waals surface area contributed by atoms with Gasteiger partial charge in [-0.05, 0) is 0 Å². The number of carbonyl (C=O) groups excluding carboxylic acids is 1. The number of aliphatic hydroxyl groups is 7. The molecule has 378 valence electrons. The monoisotopic (exact) mass is 1040 g/mol. The maximum Gasteiger partial charge on any atom is 0.397 e. The lowest BCUT2D eigenvalue weighted by Crippen LogP contribution is -2.69. The molecule has 20 atom stereocenters. The summed E-state index contributed by atoms with van der Waals surface area (Å²) in [6, 6.07) is -1.92. The molecule has 6 unspecified atom stereocenters. The summed E-state index contributed by atoms with van der Waals surface area (Å²) in [6.45, 7) is -0.392. The Morgan fingerprint density at radius 3 is 1.54 bits per heavy atom. The normalized spacial score (nSPS) is 41.0. The summed E-state index contributed by atoms with van der Waals surface area (Å²) in [5.41, 5.74) is 0. The molecule has 4 aliphatic rings. The van der Waals surface area contributed by atoms with Gasteiger partial charge in [-0.1, -0.05) is 0 Å². The highest BCUT2D eigenvalue weighted by Gasteiger charge is 2.59. The Balaban J connectivity index is 1.69. The first kappa shape index (κ1) is 55.0. The van der Waals surface area contributed by atoms with Crippen LogP contribution in [0.3, 0.4) is 0 Å². The van der Waals surface area contributed by atoms with Gasteiger partial charge >= 0.3 is 43.1 Å². The molecular formula is C26H41NO34S4. The molecule has 4 aliphatic heterocycles. The van der Waals surface area contributed by atoms with Crippen molar-refractivity contribution in [3.63, 3.8) is 0 Å². The molecule has 0 bridgehead atoms. The Morgan fingerprint density at radius 1 is 0.538 bits per heavy atom. The molecule has 4 saturated heterocycles. The highest BCUT2D eigenvalue weighted by molar-refractivity contribution is 7.85. The number of hydrogen-bond donors (Lipinski definition) is 14. The van der Waals surface area contributed by atoms with Crippen LogP contribution in [0.4, 0.5) is 0 Å². The van der Waals surface area contributed by atoms with Crippen LogP contribution in [-0.2, 0) is 101 Å². The first-order chi connectivity index (χ1) is 29.6. The van der Waals surface area contributed by atoms with Crippen LogP contribution in [-0.4, -0.2) is 245 Å². The molecule has 35 nitrogen and oxygen atoms in total. The third-order valence-electron chi connectivity index (χ3n) is 9.43. The SMILES string of the molecule is CC(=O)N[C@H]1[C@@H](OC2C(C(=O)O)OC(O[C@H]3[C@H](CS(=O)(=O)O)[C@@H](OS(=O)(=O)O)[C@@H](O[C@H]4[C@H](O)[C@@H](OS(=O)(=O)O)C(O)O[C@H]4C(=O)O)O[C@@H]3O)C(O)C2O)O[C@H](COS(=O)(=O)O)[C@@H](O)[C@@H]1O. The summed E-state index contributed by atoms with van der Waals surface area (Å²) in [4.78, 5) is 36.4. The Labute approximate surface area is 363 Å². The Hall–Kier alpha value is -2.63. The van der Waals surface area contributed by atoms with Crippen molar-refractivity contribution in [3.8, 4) is 0 Å². The van der Waals surface area contributed by atoms with Crippen molar-refractivity contribution < 1.29 is 158 Å². The Kier molecular flexibility index (Phi) is 17.7. The maximum atomic E-state index is 12.5. The lowest BCUT2D eigenvalue weighted by molar-refractivity contribution is -0.391. The van der Waals surface area contributed by atoms with Crippen molar-refractivity contribution in [1.82, 2.24) is 5.32 Å². The van der Waals surface area contributed by atoms with Crippen LogP contribution in [0.1, 0.15) is 6.92 Å². The van der Waals surface area contributed by atoms with E-state index in [4.69, 9.17) is 37.5 Å². The molecule has 0 aromatic carbocycles. The van der Waals surface area contributed by atoms with Crippen molar-refractivity contribution in [2.75, 3.05) is 12.4 Å². The second kappa shape index (κ2) is 20.9. The van der Waals surface area contributed by atoms with E-state index >= 15 is 0 Å². The molecule has 0 saturated carbocycles. The number of aliphatic hydroxyl groups excluding tert-OH is 7. The van der Waals surface area contributed by atoms with Gasteiger partial charge in [-0.2, -0.15) is 33.7 Å². The quantitative estimate of drug-likeness (QED) is 0.0567. The molecule has 4 rings (SSSR count). The first-order valence-electron chi connectivity index (χ1n) is 17.5. The van der Waals surface area contributed by atoms with Crippen LogP contribution in [0.25, 0.3) is 0 Å². The number of carboxylic acid groups (broad SMARTS) is 2. The standard InChI is InChI=1S/C26H41NO34S4/c1-4(28)27-7-9(30)8(29)6(2-52-63(43,44)45)53-24(7)56-15-10(31)11(32)25(58-19(15)21(36)37)55-13-5(3-62(40,41)42)14(60-64(46,47)48)26(59-22(13)38)57-16-12(33)17(61-65(49,50)51)23(39)54-18(16)20(34)35/h5-19,22-26,29-33,38-39H,2-3H2,1H3,(H,27,28)(H,34,35)(H,36,37)(H,40,41,42)(H,43,44,45)(H,46,47,48)(H,49,50,51)/t5-,6+,7+,8+,9+,10?,11?,12-,13-,14+,15?,16-,17+,18+,19?,22-,23?,24+,25?,26-/m0/s1. The Morgan fingerprint density at radius 2 is 1.03 bits per heavy atom. The number of aliphatic carboxylic acids is 2. The number of nitrogens with one attached hydrogen (secondary N) is 1. The predicted octanol–water partition coefficient (Wildman–Crippen LogP) is -9.84. The topological polar surface area (TPSA) is 555 Å². The van der Waals surface area contributed by atoms with Gasteiger partial charge in [0.05, 0.1) is 12.4 Å². The summed E-state index contributed by atoms with van der Waals surface area (Å²) in [5.74, 6) is -9.75. The van der Waals surface area contributed by atoms with E-state index in [0.29, 0.717) is 0 Å². The van der Waals surface area contributed by atoms with Crippen LogP contribution < -0.4 is 5.32 Å². The number of hydrogen-bond acceptors (Lipinski definition) is 28. The van der Waals surface area contributed by atoms with Gasteiger partial charge in [0.1, 0.15) is 67.1 Å². The van der Waals surface area contributed by atoms with E-state index in [9.17, 15) is 103 Å². The minimum absolute atomic E-state index is 0.871. The summed E-state index contributed by atoms with van der Waals surface area (Å²) in [6.07, 6.45) is -46.4. The lowest BCUT2D eigenvalue weighted by atomic mass is 9.92. The molecule has 39 heteroatoms. The minimum atomic E-state index is -5.94. The third-order valence-corrected chi connectivity index (χ3v) is 11.6. The molecule has 0 aromatic heterocycles. The van der Waals surface area contributed by atoms with E-state index in [1.807, 2.05) is 0 Å². The minimum Gasteiger partial charge on any atom is -0.479 e. The fourth-order valence-corrected chi connectivity index (χ4v) is 8.96. The van der Waals surface area contributed by atoms with Crippen LogP contribution in [0.5, 0.6) is 0 Å². The van der Waals surface area contributed by atoms with Gasteiger partial charge in [0, 0.05) is 12.8 Å². The number of ether oxygens (including phenoxy) is 7. The van der Waals surface area contributed by atoms with E-state index < -0.39 is 194 Å². The van der Waals surface area contributed by atoms with Crippen LogP contribution in [0.15, 0.2) is 0 Å². The Bertz CT molecular complexity index is 2160.